The van der Waals surface area contributed by atoms with Crippen molar-refractivity contribution in [1.29, 1.82) is 0 Å². The molecule has 2 rings (SSSR count). The Hall–Kier alpha value is -3.32. The number of nitrogens with one attached hydrogen (secondary N) is 3. The van der Waals surface area contributed by atoms with Crippen molar-refractivity contribution >= 4 is 29.5 Å². The number of ether oxygens (including phenoxy) is 1. The quantitative estimate of drug-likeness (QED) is 0.259. The van der Waals surface area contributed by atoms with E-state index in [1.807, 2.05) is 13.8 Å². The van der Waals surface area contributed by atoms with Gasteiger partial charge in [-0.15, -0.1) is 0 Å². The van der Waals surface area contributed by atoms with Gasteiger partial charge in [0.25, 0.3) is 0 Å². The van der Waals surface area contributed by atoms with Gasteiger partial charge in [-0.25, -0.2) is 10.2 Å². The number of esters is 1. The summed E-state index contributed by atoms with van der Waals surface area (Å²) in [6.45, 7) is 6.94. The Balaban J connectivity index is 1.94. The molecule has 0 bridgehead atoms. The van der Waals surface area contributed by atoms with Crippen LogP contribution in [0.2, 0.25) is 0 Å². The van der Waals surface area contributed by atoms with Crippen LogP contribution in [0, 0.1) is 11.8 Å². The number of carbonyl (C=O) groups excluding carboxylic acids is 5. The first kappa shape index (κ1) is 29.9. The zero-order valence-corrected chi connectivity index (χ0v) is 21.7. The highest BCUT2D eigenvalue weighted by atomic mass is 16.5. The lowest BCUT2D eigenvalue weighted by Gasteiger charge is -2.36. The Morgan fingerprint density at radius 2 is 1.97 bits per heavy atom. The van der Waals surface area contributed by atoms with E-state index in [1.54, 1.807) is 13.8 Å². The minimum atomic E-state index is -0.959. The summed E-state index contributed by atoms with van der Waals surface area (Å²) < 4.78 is 9.72. The van der Waals surface area contributed by atoms with Gasteiger partial charge in [-0.1, -0.05) is 32.9 Å². The number of nitrogens with zero attached hydrogens (tertiary/aromatic N) is 2. The Morgan fingerprint density at radius 3 is 2.59 bits per heavy atom. The third kappa shape index (κ3) is 9.25. The SMILES string of the molecule is CC(C)CC(=O)NCCC(=O)N1NCCCC1C(=O)NC(C(=O)COC(=O)c1cc(CO)on1)C(C)C. The molecule has 13 nitrogen and oxygen atoms in total. The molecule has 3 amide bonds. The normalized spacial score (nSPS) is 16.4. The number of Topliss-reactive ketones (excluding diaryl/α,β-unsaturated/α-hetero) is 1. The fourth-order valence-corrected chi connectivity index (χ4v) is 3.77. The highest BCUT2D eigenvalue weighted by Crippen LogP contribution is 2.14. The number of carbonyl (C=O) groups is 5. The lowest BCUT2D eigenvalue weighted by molar-refractivity contribution is -0.147. The van der Waals surface area contributed by atoms with Crippen LogP contribution < -0.4 is 16.1 Å². The molecule has 1 aromatic rings. The summed E-state index contributed by atoms with van der Waals surface area (Å²) in [5.74, 6) is -2.47. The molecule has 37 heavy (non-hydrogen) atoms. The van der Waals surface area contributed by atoms with Crippen molar-refractivity contribution < 1.29 is 38.3 Å². The molecule has 2 atom stereocenters. The van der Waals surface area contributed by atoms with Gasteiger partial charge in [-0.05, 0) is 24.7 Å². The zero-order valence-electron chi connectivity index (χ0n) is 21.7. The average Bonchev–Trinajstić information content (AvgIpc) is 3.34. The van der Waals surface area contributed by atoms with E-state index in [-0.39, 0.29) is 48.1 Å². The molecule has 2 unspecified atom stereocenters. The van der Waals surface area contributed by atoms with Crippen LogP contribution in [0.4, 0.5) is 0 Å². The number of amides is 3. The van der Waals surface area contributed by atoms with E-state index in [2.05, 4.69) is 21.2 Å². The van der Waals surface area contributed by atoms with E-state index < -0.39 is 43.0 Å². The Labute approximate surface area is 215 Å². The molecule has 0 aliphatic carbocycles. The van der Waals surface area contributed by atoms with Gasteiger partial charge in [-0.2, -0.15) is 0 Å². The largest absolute Gasteiger partial charge is 0.453 e. The number of aliphatic hydroxyl groups is 1. The van der Waals surface area contributed by atoms with Crippen LogP contribution in [0.15, 0.2) is 10.6 Å². The second-order valence-corrected chi connectivity index (χ2v) is 9.64. The van der Waals surface area contributed by atoms with Gasteiger partial charge < -0.3 is 25.0 Å². The van der Waals surface area contributed by atoms with Gasteiger partial charge in [0.1, 0.15) is 12.6 Å². The number of hydrogen-bond donors (Lipinski definition) is 4. The third-order valence-electron chi connectivity index (χ3n) is 5.65. The van der Waals surface area contributed by atoms with E-state index in [9.17, 15) is 24.0 Å². The maximum absolute atomic E-state index is 13.1. The van der Waals surface area contributed by atoms with Crippen molar-refractivity contribution in [2.24, 2.45) is 11.8 Å². The van der Waals surface area contributed by atoms with Gasteiger partial charge in [0.2, 0.25) is 17.7 Å². The molecule has 13 heteroatoms. The van der Waals surface area contributed by atoms with Crippen molar-refractivity contribution in [3.8, 4) is 0 Å². The van der Waals surface area contributed by atoms with Crippen molar-refractivity contribution in [3.05, 3.63) is 17.5 Å². The van der Waals surface area contributed by atoms with E-state index >= 15 is 0 Å². The summed E-state index contributed by atoms with van der Waals surface area (Å²) in [4.78, 5) is 62.6. The predicted octanol–water partition coefficient (Wildman–Crippen LogP) is 0.0816. The van der Waals surface area contributed by atoms with Crippen LogP contribution in [0.3, 0.4) is 0 Å². The number of aromatic nitrogens is 1. The van der Waals surface area contributed by atoms with Gasteiger partial charge in [-0.3, -0.25) is 24.2 Å². The number of rotatable bonds is 13. The summed E-state index contributed by atoms with van der Waals surface area (Å²) in [7, 11) is 0. The monoisotopic (exact) mass is 523 g/mol. The number of hydrogen-bond acceptors (Lipinski definition) is 10. The minimum absolute atomic E-state index is 0.0170. The lowest BCUT2D eigenvalue weighted by Crippen LogP contribution is -2.61. The van der Waals surface area contributed by atoms with E-state index in [0.29, 0.717) is 25.8 Å². The maximum Gasteiger partial charge on any atom is 0.360 e. The Morgan fingerprint density at radius 1 is 1.24 bits per heavy atom. The van der Waals surface area contributed by atoms with Gasteiger partial charge in [0, 0.05) is 32.0 Å². The number of aliphatic hydroxyl groups excluding tert-OH is 1. The molecule has 1 aliphatic heterocycles. The molecule has 0 spiro atoms. The molecule has 4 N–H and O–H groups in total. The highest BCUT2D eigenvalue weighted by Gasteiger charge is 2.35. The second kappa shape index (κ2) is 14.4. The van der Waals surface area contributed by atoms with E-state index in [0.717, 1.165) is 0 Å². The number of hydrazine groups is 1. The van der Waals surface area contributed by atoms with Crippen molar-refractivity contribution in [1.82, 2.24) is 26.2 Å². The molecule has 0 saturated carbocycles. The van der Waals surface area contributed by atoms with Crippen LogP contribution in [-0.4, -0.2) is 76.5 Å². The standard InChI is InChI=1S/C24H37N5O8/c1-14(2)10-20(32)25-9-7-21(33)29-18(6-5-8-26-29)23(34)27-22(15(3)4)19(31)13-36-24(35)17-11-16(12-30)37-28-17/h11,14-15,18,22,26,30H,5-10,12-13H2,1-4H3,(H,25,32)(H,27,34). The fourth-order valence-electron chi connectivity index (χ4n) is 3.77. The van der Waals surface area contributed by atoms with Crippen LogP contribution in [0.5, 0.6) is 0 Å². The maximum atomic E-state index is 13.1. The first-order chi connectivity index (χ1) is 17.5. The Bertz CT molecular complexity index is 961. The molecular weight excluding hydrogens is 486 g/mol. The second-order valence-electron chi connectivity index (χ2n) is 9.64. The van der Waals surface area contributed by atoms with Crippen LogP contribution in [0.25, 0.3) is 0 Å². The summed E-state index contributed by atoms with van der Waals surface area (Å²) in [5, 5.41) is 19.1. The van der Waals surface area contributed by atoms with Crippen LogP contribution in [-0.2, 0) is 30.5 Å². The number of ketones is 1. The van der Waals surface area contributed by atoms with Crippen molar-refractivity contribution in [3.63, 3.8) is 0 Å². The first-order valence-corrected chi connectivity index (χ1v) is 12.4. The van der Waals surface area contributed by atoms with Crippen LogP contribution >= 0.6 is 0 Å². The molecule has 206 valence electrons. The lowest BCUT2D eigenvalue weighted by atomic mass is 9.98. The summed E-state index contributed by atoms with van der Waals surface area (Å²) in [6.07, 6.45) is 1.43. The van der Waals surface area contributed by atoms with E-state index in [4.69, 9.17) is 14.4 Å². The Kier molecular flexibility index (Phi) is 11.7. The third-order valence-corrected chi connectivity index (χ3v) is 5.65. The summed E-state index contributed by atoms with van der Waals surface area (Å²) in [6, 6.07) is -0.595. The molecule has 2 heterocycles. The van der Waals surface area contributed by atoms with Crippen molar-refractivity contribution in [2.45, 2.75) is 72.1 Å². The van der Waals surface area contributed by atoms with Gasteiger partial charge >= 0.3 is 5.97 Å². The highest BCUT2D eigenvalue weighted by molar-refractivity contribution is 5.95. The van der Waals surface area contributed by atoms with Gasteiger partial charge in [0.05, 0.1) is 6.04 Å². The van der Waals surface area contributed by atoms with Crippen molar-refractivity contribution in [2.75, 3.05) is 19.7 Å². The van der Waals surface area contributed by atoms with E-state index in [1.165, 1.54) is 11.1 Å². The molecule has 1 fully saturated rings. The average molecular weight is 524 g/mol. The molecule has 1 aromatic heterocycles. The van der Waals surface area contributed by atoms with Gasteiger partial charge in [0.15, 0.2) is 23.8 Å². The van der Waals surface area contributed by atoms with Crippen LogP contribution in [0.1, 0.15) is 69.6 Å². The molecule has 1 aliphatic rings. The molecule has 0 aromatic carbocycles. The summed E-state index contributed by atoms with van der Waals surface area (Å²) in [5.41, 5.74) is 2.75. The fraction of sp³-hybridized carbons (Fsp3) is 0.667. The smallest absolute Gasteiger partial charge is 0.360 e. The topological polar surface area (TPSA) is 180 Å². The zero-order chi connectivity index (χ0) is 27.5. The molecule has 1 saturated heterocycles. The first-order valence-electron chi connectivity index (χ1n) is 12.4. The molecule has 0 radical (unpaired) electrons. The predicted molar refractivity (Wildman–Crippen MR) is 129 cm³/mol. The minimum Gasteiger partial charge on any atom is -0.453 e. The summed E-state index contributed by atoms with van der Waals surface area (Å²) >= 11 is 0. The molecular formula is C24H37N5O8.